The van der Waals surface area contributed by atoms with E-state index in [1.54, 1.807) is 12.1 Å². The molecule has 140 valence electrons. The monoisotopic (exact) mass is 429 g/mol. The van der Waals surface area contributed by atoms with Crippen molar-refractivity contribution in [1.82, 2.24) is 15.5 Å². The Morgan fingerprint density at radius 1 is 1.15 bits per heavy atom. The Kier molecular flexibility index (Phi) is 6.24. The van der Waals surface area contributed by atoms with Crippen LogP contribution in [-0.4, -0.2) is 22.7 Å². The van der Waals surface area contributed by atoms with Crippen LogP contribution in [0.25, 0.3) is 11.4 Å². The fourth-order valence-electron chi connectivity index (χ4n) is 2.47. The first-order valence-corrected chi connectivity index (χ1v) is 9.39. The quantitative estimate of drug-likeness (QED) is 0.602. The molecule has 0 aliphatic carbocycles. The summed E-state index contributed by atoms with van der Waals surface area (Å²) in [6.45, 7) is 3.87. The minimum Gasteiger partial charge on any atom is -0.484 e. The summed E-state index contributed by atoms with van der Waals surface area (Å²) in [7, 11) is 0. The SMILES string of the molecule is CC(C)[C@@H](NC(=O)COc1ccc(Br)cc1)c1nc(-c2ccccc2)no1. The number of rotatable bonds is 7. The Bertz CT molecular complexity index is 879. The molecular weight excluding hydrogens is 410 g/mol. The fourth-order valence-corrected chi connectivity index (χ4v) is 2.74. The van der Waals surface area contributed by atoms with Gasteiger partial charge in [-0.2, -0.15) is 4.98 Å². The van der Waals surface area contributed by atoms with Gasteiger partial charge in [0.2, 0.25) is 11.7 Å². The molecule has 3 aromatic rings. The van der Waals surface area contributed by atoms with Crippen molar-refractivity contribution in [2.75, 3.05) is 6.61 Å². The van der Waals surface area contributed by atoms with E-state index in [9.17, 15) is 4.79 Å². The molecule has 1 atom stereocenters. The normalized spacial score (nSPS) is 12.0. The van der Waals surface area contributed by atoms with Gasteiger partial charge in [0.25, 0.3) is 5.91 Å². The molecule has 0 aliphatic heterocycles. The van der Waals surface area contributed by atoms with Gasteiger partial charge in [-0.05, 0) is 30.2 Å². The van der Waals surface area contributed by atoms with Crippen LogP contribution in [0.15, 0.2) is 63.6 Å². The van der Waals surface area contributed by atoms with E-state index in [1.165, 1.54) is 0 Å². The third-order valence-electron chi connectivity index (χ3n) is 3.91. The predicted octanol–water partition coefficient (Wildman–Crippen LogP) is 4.39. The number of ether oxygens (including phenoxy) is 1. The number of benzene rings is 2. The van der Waals surface area contributed by atoms with Crippen molar-refractivity contribution in [1.29, 1.82) is 0 Å². The number of carbonyl (C=O) groups excluding carboxylic acids is 1. The molecule has 1 N–H and O–H groups in total. The molecule has 0 aliphatic rings. The molecule has 2 aromatic carbocycles. The zero-order valence-corrected chi connectivity index (χ0v) is 16.6. The second-order valence-corrected chi connectivity index (χ2v) is 7.27. The van der Waals surface area contributed by atoms with Gasteiger partial charge in [-0.15, -0.1) is 0 Å². The lowest BCUT2D eigenvalue weighted by Gasteiger charge is -2.18. The number of nitrogens with one attached hydrogen (secondary N) is 1. The highest BCUT2D eigenvalue weighted by molar-refractivity contribution is 9.10. The number of hydrogen-bond acceptors (Lipinski definition) is 5. The maximum atomic E-state index is 12.3. The van der Waals surface area contributed by atoms with Gasteiger partial charge in [0.1, 0.15) is 11.8 Å². The van der Waals surface area contributed by atoms with Gasteiger partial charge >= 0.3 is 0 Å². The maximum Gasteiger partial charge on any atom is 0.258 e. The number of amides is 1. The van der Waals surface area contributed by atoms with Gasteiger partial charge in [-0.3, -0.25) is 4.79 Å². The van der Waals surface area contributed by atoms with Crippen LogP contribution in [0.4, 0.5) is 0 Å². The Balaban J connectivity index is 1.64. The minimum atomic E-state index is -0.393. The Morgan fingerprint density at radius 3 is 2.52 bits per heavy atom. The summed E-state index contributed by atoms with van der Waals surface area (Å²) in [6.07, 6.45) is 0. The highest BCUT2D eigenvalue weighted by Gasteiger charge is 2.25. The lowest BCUT2D eigenvalue weighted by Crippen LogP contribution is -2.35. The zero-order valence-electron chi connectivity index (χ0n) is 15.1. The van der Waals surface area contributed by atoms with Gasteiger partial charge in [-0.1, -0.05) is 65.3 Å². The maximum absolute atomic E-state index is 12.3. The van der Waals surface area contributed by atoms with Crippen molar-refractivity contribution in [3.05, 3.63) is 65.0 Å². The molecule has 0 saturated heterocycles. The van der Waals surface area contributed by atoms with E-state index in [-0.39, 0.29) is 18.4 Å². The van der Waals surface area contributed by atoms with E-state index in [0.29, 0.717) is 17.5 Å². The summed E-state index contributed by atoms with van der Waals surface area (Å²) in [4.78, 5) is 16.8. The van der Waals surface area contributed by atoms with Crippen LogP contribution in [0, 0.1) is 5.92 Å². The molecule has 0 spiro atoms. The van der Waals surface area contributed by atoms with Crippen LogP contribution in [0.2, 0.25) is 0 Å². The largest absolute Gasteiger partial charge is 0.484 e. The predicted molar refractivity (Wildman–Crippen MR) is 105 cm³/mol. The Morgan fingerprint density at radius 2 is 1.85 bits per heavy atom. The highest BCUT2D eigenvalue weighted by Crippen LogP contribution is 2.23. The smallest absolute Gasteiger partial charge is 0.258 e. The lowest BCUT2D eigenvalue weighted by molar-refractivity contribution is -0.124. The number of hydrogen-bond donors (Lipinski definition) is 1. The van der Waals surface area contributed by atoms with Crippen LogP contribution in [0.5, 0.6) is 5.75 Å². The number of aromatic nitrogens is 2. The average Bonchev–Trinajstić information content (AvgIpc) is 3.16. The second kappa shape index (κ2) is 8.81. The molecule has 1 heterocycles. The van der Waals surface area contributed by atoms with E-state index in [1.807, 2.05) is 56.3 Å². The van der Waals surface area contributed by atoms with Crippen molar-refractivity contribution in [3.8, 4) is 17.1 Å². The summed E-state index contributed by atoms with van der Waals surface area (Å²) >= 11 is 3.36. The van der Waals surface area contributed by atoms with Gasteiger partial charge in [0, 0.05) is 10.0 Å². The topological polar surface area (TPSA) is 77.2 Å². The molecule has 6 nitrogen and oxygen atoms in total. The van der Waals surface area contributed by atoms with Crippen LogP contribution in [0.3, 0.4) is 0 Å². The minimum absolute atomic E-state index is 0.0747. The molecule has 0 radical (unpaired) electrons. The van der Waals surface area contributed by atoms with E-state index >= 15 is 0 Å². The van der Waals surface area contributed by atoms with Gasteiger partial charge in [-0.25, -0.2) is 0 Å². The van der Waals surface area contributed by atoms with Crippen LogP contribution >= 0.6 is 15.9 Å². The molecule has 27 heavy (non-hydrogen) atoms. The Labute approximate surface area is 166 Å². The number of halogens is 1. The summed E-state index contributed by atoms with van der Waals surface area (Å²) < 4.78 is 11.9. The molecular formula is C20H20BrN3O3. The Hall–Kier alpha value is -2.67. The van der Waals surface area contributed by atoms with Crippen molar-refractivity contribution in [2.24, 2.45) is 5.92 Å². The number of nitrogens with zero attached hydrogens (tertiary/aromatic N) is 2. The van der Waals surface area contributed by atoms with Crippen LogP contribution in [-0.2, 0) is 4.79 Å². The average molecular weight is 430 g/mol. The summed E-state index contributed by atoms with van der Waals surface area (Å²) in [5, 5.41) is 6.94. The van der Waals surface area contributed by atoms with E-state index < -0.39 is 6.04 Å². The molecule has 0 bridgehead atoms. The van der Waals surface area contributed by atoms with Crippen molar-refractivity contribution < 1.29 is 14.1 Å². The standard InChI is InChI=1S/C20H20BrN3O3/c1-13(2)18(20-23-19(24-27-20)14-6-4-3-5-7-14)22-17(25)12-26-16-10-8-15(21)9-11-16/h3-11,13,18H,12H2,1-2H3,(H,22,25)/t18-/m1/s1. The van der Waals surface area contributed by atoms with Gasteiger partial charge in [0.05, 0.1) is 0 Å². The first-order chi connectivity index (χ1) is 13.0. The first-order valence-electron chi connectivity index (χ1n) is 8.59. The van der Waals surface area contributed by atoms with Crippen LogP contribution < -0.4 is 10.1 Å². The lowest BCUT2D eigenvalue weighted by atomic mass is 10.0. The summed E-state index contributed by atoms with van der Waals surface area (Å²) in [5.74, 6) is 1.32. The van der Waals surface area contributed by atoms with E-state index in [0.717, 1.165) is 10.0 Å². The van der Waals surface area contributed by atoms with Crippen molar-refractivity contribution in [2.45, 2.75) is 19.9 Å². The van der Waals surface area contributed by atoms with Crippen LogP contribution in [0.1, 0.15) is 25.8 Å². The first kappa shape index (κ1) is 19.1. The van der Waals surface area contributed by atoms with Gasteiger partial charge < -0.3 is 14.6 Å². The zero-order chi connectivity index (χ0) is 19.2. The molecule has 0 unspecified atom stereocenters. The van der Waals surface area contributed by atoms with Crippen molar-refractivity contribution in [3.63, 3.8) is 0 Å². The third-order valence-corrected chi connectivity index (χ3v) is 4.44. The van der Waals surface area contributed by atoms with E-state index in [2.05, 4.69) is 31.4 Å². The molecule has 0 saturated carbocycles. The number of carbonyl (C=O) groups is 1. The van der Waals surface area contributed by atoms with Gasteiger partial charge in [0.15, 0.2) is 6.61 Å². The summed E-state index contributed by atoms with van der Waals surface area (Å²) in [6, 6.07) is 16.5. The van der Waals surface area contributed by atoms with E-state index in [4.69, 9.17) is 9.26 Å². The molecule has 0 fully saturated rings. The molecule has 3 rings (SSSR count). The second-order valence-electron chi connectivity index (χ2n) is 6.35. The summed E-state index contributed by atoms with van der Waals surface area (Å²) in [5.41, 5.74) is 0.861. The molecule has 7 heteroatoms. The molecule has 1 amide bonds. The highest BCUT2D eigenvalue weighted by atomic mass is 79.9. The molecule has 1 aromatic heterocycles. The fraction of sp³-hybridized carbons (Fsp3) is 0.250. The third kappa shape index (κ3) is 5.17. The van der Waals surface area contributed by atoms with Crippen molar-refractivity contribution >= 4 is 21.8 Å².